The highest BCUT2D eigenvalue weighted by molar-refractivity contribution is 6.01. The van der Waals surface area contributed by atoms with Gasteiger partial charge in [-0.2, -0.15) is 0 Å². The molecular weight excluding hydrogens is 485 g/mol. The normalized spacial score (nSPS) is 20.9. The lowest BCUT2D eigenvalue weighted by Gasteiger charge is -2.51. The van der Waals surface area contributed by atoms with Crippen molar-refractivity contribution in [3.63, 3.8) is 0 Å². The molecule has 3 heterocycles. The number of aromatic amines is 1. The number of piperazine rings is 1. The molecule has 6 rings (SSSR count). The number of halogens is 1. The minimum absolute atomic E-state index is 0.0523. The van der Waals surface area contributed by atoms with Crippen molar-refractivity contribution in [2.24, 2.45) is 0 Å². The Balaban J connectivity index is 1.52. The average Bonchev–Trinajstić information content (AvgIpc) is 3.33. The fraction of sp³-hybridized carbons (Fsp3) is 0.267. The van der Waals surface area contributed by atoms with Crippen LogP contribution in [0.2, 0.25) is 0 Å². The maximum Gasteiger partial charge on any atom is 0.255 e. The van der Waals surface area contributed by atoms with Gasteiger partial charge in [-0.3, -0.25) is 9.59 Å². The van der Waals surface area contributed by atoms with Gasteiger partial charge in [-0.1, -0.05) is 42.5 Å². The second kappa shape index (κ2) is 8.90. The van der Waals surface area contributed by atoms with E-state index < -0.39 is 5.54 Å². The smallest absolute Gasteiger partial charge is 0.255 e. The fourth-order valence-electron chi connectivity index (χ4n) is 6.08. The first-order chi connectivity index (χ1) is 18.4. The highest BCUT2D eigenvalue weighted by atomic mass is 19.1. The minimum Gasteiger partial charge on any atom is -0.493 e. The SMILES string of the molecule is COc1cccc(C2CN3C(=O)CN(Cc4ccc(F)cc4)C(=O)[C@]3(C)c3[nH]c4ccccc4c32)c1OC. The zero-order chi connectivity index (χ0) is 26.6. The number of hydrogen-bond acceptors (Lipinski definition) is 4. The van der Waals surface area contributed by atoms with Gasteiger partial charge in [0.1, 0.15) is 12.4 Å². The first-order valence-corrected chi connectivity index (χ1v) is 12.5. The Bertz CT molecular complexity index is 1560. The van der Waals surface area contributed by atoms with E-state index in [9.17, 15) is 14.0 Å². The molecule has 0 bridgehead atoms. The number of aromatic nitrogens is 1. The highest BCUT2D eigenvalue weighted by Crippen LogP contribution is 2.50. The lowest BCUT2D eigenvalue weighted by Crippen LogP contribution is -2.67. The number of rotatable bonds is 5. The van der Waals surface area contributed by atoms with Crippen LogP contribution < -0.4 is 9.47 Å². The van der Waals surface area contributed by atoms with Gasteiger partial charge in [0, 0.05) is 35.5 Å². The molecule has 1 aromatic heterocycles. The summed E-state index contributed by atoms with van der Waals surface area (Å²) in [5, 5.41) is 0.995. The van der Waals surface area contributed by atoms with E-state index in [1.807, 2.05) is 49.4 Å². The van der Waals surface area contributed by atoms with E-state index in [1.165, 1.54) is 12.1 Å². The van der Waals surface area contributed by atoms with Crippen molar-refractivity contribution in [2.45, 2.75) is 24.9 Å². The van der Waals surface area contributed by atoms with Crippen LogP contribution in [0.25, 0.3) is 10.9 Å². The van der Waals surface area contributed by atoms with Crippen molar-refractivity contribution in [1.82, 2.24) is 14.8 Å². The standard InChI is InChI=1S/C30H28FN3O4/c1-30-28-26(21-7-4-5-9-23(21)32-28)22(20-8-6-10-24(37-2)27(20)38-3)16-34(30)25(35)17-33(29(30)36)15-18-11-13-19(31)14-12-18/h4-14,22,32H,15-17H2,1-3H3/t22?,30-/m0/s1. The van der Waals surface area contributed by atoms with Gasteiger partial charge in [0.05, 0.1) is 19.9 Å². The average molecular weight is 514 g/mol. The molecule has 2 aliphatic heterocycles. The third-order valence-corrected chi connectivity index (χ3v) is 7.91. The van der Waals surface area contributed by atoms with E-state index >= 15 is 0 Å². The number of ether oxygens (including phenoxy) is 2. The van der Waals surface area contributed by atoms with E-state index in [2.05, 4.69) is 4.98 Å². The second-order valence-corrected chi connectivity index (χ2v) is 9.96. The maximum atomic E-state index is 14.2. The van der Waals surface area contributed by atoms with Gasteiger partial charge in [-0.25, -0.2) is 4.39 Å². The van der Waals surface area contributed by atoms with Crippen LogP contribution in [0.5, 0.6) is 11.5 Å². The molecule has 4 aromatic rings. The molecule has 1 unspecified atom stereocenters. The van der Waals surface area contributed by atoms with Crippen LogP contribution in [0.3, 0.4) is 0 Å². The molecule has 3 aromatic carbocycles. The van der Waals surface area contributed by atoms with E-state index in [4.69, 9.17) is 9.47 Å². The summed E-state index contributed by atoms with van der Waals surface area (Å²) >= 11 is 0. The molecule has 1 N–H and O–H groups in total. The number of H-pyrrole nitrogens is 1. The van der Waals surface area contributed by atoms with Crippen molar-refractivity contribution in [3.8, 4) is 11.5 Å². The molecular formula is C30H28FN3O4. The highest BCUT2D eigenvalue weighted by Gasteiger charge is 2.56. The van der Waals surface area contributed by atoms with Crippen molar-refractivity contribution in [2.75, 3.05) is 27.3 Å². The van der Waals surface area contributed by atoms with Gasteiger partial charge >= 0.3 is 0 Å². The molecule has 0 saturated carbocycles. The van der Waals surface area contributed by atoms with Crippen LogP contribution in [0.15, 0.2) is 66.7 Å². The summed E-state index contributed by atoms with van der Waals surface area (Å²) in [4.78, 5) is 34.7. The fourth-order valence-corrected chi connectivity index (χ4v) is 6.08. The van der Waals surface area contributed by atoms with Gasteiger partial charge in [0.25, 0.3) is 5.91 Å². The molecule has 0 aliphatic carbocycles. The molecule has 7 nitrogen and oxygen atoms in total. The number of carbonyl (C=O) groups excluding carboxylic acids is 2. The number of benzene rings is 3. The number of para-hydroxylation sites is 2. The van der Waals surface area contributed by atoms with Crippen LogP contribution in [0.4, 0.5) is 4.39 Å². The summed E-state index contributed by atoms with van der Waals surface area (Å²) in [7, 11) is 3.20. The van der Waals surface area contributed by atoms with E-state index in [0.29, 0.717) is 23.7 Å². The van der Waals surface area contributed by atoms with Gasteiger partial charge in [0.15, 0.2) is 17.0 Å². The summed E-state index contributed by atoms with van der Waals surface area (Å²) in [5.41, 5.74) is 2.97. The Hall–Kier alpha value is -4.33. The minimum atomic E-state index is -1.23. The van der Waals surface area contributed by atoms with Gasteiger partial charge in [-0.15, -0.1) is 0 Å². The second-order valence-electron chi connectivity index (χ2n) is 9.96. The molecule has 0 spiro atoms. The third kappa shape index (κ3) is 3.47. The predicted molar refractivity (Wildman–Crippen MR) is 141 cm³/mol. The van der Waals surface area contributed by atoms with Gasteiger partial charge < -0.3 is 24.3 Å². The van der Waals surface area contributed by atoms with Crippen LogP contribution in [-0.2, 0) is 21.7 Å². The van der Waals surface area contributed by atoms with E-state index in [0.717, 1.165) is 27.6 Å². The molecule has 1 saturated heterocycles. The predicted octanol–water partition coefficient (Wildman–Crippen LogP) is 4.56. The summed E-state index contributed by atoms with van der Waals surface area (Å²) in [6, 6.07) is 19.7. The third-order valence-electron chi connectivity index (χ3n) is 7.91. The number of carbonyl (C=O) groups is 2. The summed E-state index contributed by atoms with van der Waals surface area (Å²) in [6.45, 7) is 2.29. The lowest BCUT2D eigenvalue weighted by molar-refractivity contribution is -0.166. The summed E-state index contributed by atoms with van der Waals surface area (Å²) in [6.07, 6.45) is 0. The van der Waals surface area contributed by atoms with E-state index in [-0.39, 0.29) is 36.6 Å². The van der Waals surface area contributed by atoms with E-state index in [1.54, 1.807) is 36.2 Å². The Morgan fingerprint density at radius 1 is 1.00 bits per heavy atom. The molecule has 38 heavy (non-hydrogen) atoms. The Kier molecular flexibility index (Phi) is 5.63. The maximum absolute atomic E-state index is 14.2. The Labute approximate surface area is 219 Å². The number of nitrogens with zero attached hydrogens (tertiary/aromatic N) is 2. The number of methoxy groups -OCH3 is 2. The molecule has 2 atom stereocenters. The first kappa shape index (κ1) is 24.0. The van der Waals surface area contributed by atoms with Crippen LogP contribution >= 0.6 is 0 Å². The van der Waals surface area contributed by atoms with Crippen LogP contribution in [0, 0.1) is 5.82 Å². The molecule has 0 radical (unpaired) electrons. The lowest BCUT2D eigenvalue weighted by atomic mass is 9.76. The van der Waals surface area contributed by atoms with Crippen molar-refractivity contribution < 1.29 is 23.5 Å². The molecule has 2 aliphatic rings. The number of nitrogens with one attached hydrogen (secondary N) is 1. The number of amides is 2. The zero-order valence-corrected chi connectivity index (χ0v) is 21.5. The largest absolute Gasteiger partial charge is 0.493 e. The van der Waals surface area contributed by atoms with Gasteiger partial charge in [-0.05, 0) is 42.3 Å². The van der Waals surface area contributed by atoms with Crippen LogP contribution in [-0.4, -0.2) is 53.9 Å². The summed E-state index contributed by atoms with van der Waals surface area (Å²) < 4.78 is 24.8. The monoisotopic (exact) mass is 513 g/mol. The zero-order valence-electron chi connectivity index (χ0n) is 21.5. The van der Waals surface area contributed by atoms with Crippen LogP contribution in [0.1, 0.15) is 35.2 Å². The number of hydrogen-bond donors (Lipinski definition) is 1. The van der Waals surface area contributed by atoms with Crippen molar-refractivity contribution in [1.29, 1.82) is 0 Å². The van der Waals surface area contributed by atoms with Gasteiger partial charge in [0.2, 0.25) is 5.91 Å². The molecule has 8 heteroatoms. The molecule has 194 valence electrons. The summed E-state index contributed by atoms with van der Waals surface area (Å²) in [5.74, 6) is 0.289. The van der Waals surface area contributed by atoms with Crippen molar-refractivity contribution >= 4 is 22.7 Å². The van der Waals surface area contributed by atoms with Crippen molar-refractivity contribution in [3.05, 3.63) is 94.9 Å². The Morgan fingerprint density at radius 3 is 2.50 bits per heavy atom. The quantitative estimate of drug-likeness (QED) is 0.425. The molecule has 2 amide bonds. The Morgan fingerprint density at radius 2 is 1.76 bits per heavy atom. The first-order valence-electron chi connectivity index (χ1n) is 12.5. The molecule has 1 fully saturated rings. The number of fused-ring (bicyclic) bond motifs is 5. The topological polar surface area (TPSA) is 74.9 Å².